The summed E-state index contributed by atoms with van der Waals surface area (Å²) < 4.78 is 16.0. The maximum Gasteiger partial charge on any atom is 0.124 e. The van der Waals surface area contributed by atoms with Crippen LogP contribution in [-0.2, 0) is 6.54 Å². The molecule has 0 aliphatic heterocycles. The molecular formula is C15H12BrFN2. The minimum absolute atomic E-state index is 0.239. The molecule has 0 spiro atoms. The lowest BCUT2D eigenvalue weighted by molar-refractivity contribution is 0.625. The van der Waals surface area contributed by atoms with Gasteiger partial charge in [-0.1, -0.05) is 28.1 Å². The predicted molar refractivity (Wildman–Crippen MR) is 79.6 cm³/mol. The standard InChI is InChI=1S/C15H12BrFN2/c16-13-8-11(17)5-4-10(13)9-19-7-6-12-14(18)2-1-3-15(12)19/h1-8H,9,18H2. The lowest BCUT2D eigenvalue weighted by Crippen LogP contribution is -1.99. The van der Waals surface area contributed by atoms with Crippen molar-refractivity contribution in [1.29, 1.82) is 0 Å². The van der Waals surface area contributed by atoms with Gasteiger partial charge in [0.1, 0.15) is 5.82 Å². The van der Waals surface area contributed by atoms with E-state index in [0.717, 1.165) is 26.6 Å². The van der Waals surface area contributed by atoms with Crippen LogP contribution in [0.1, 0.15) is 5.56 Å². The summed E-state index contributed by atoms with van der Waals surface area (Å²) in [6.45, 7) is 0.674. The molecule has 96 valence electrons. The summed E-state index contributed by atoms with van der Waals surface area (Å²) in [5, 5.41) is 1.04. The molecule has 19 heavy (non-hydrogen) atoms. The summed E-state index contributed by atoms with van der Waals surface area (Å²) in [5.41, 5.74) is 8.82. The molecule has 0 amide bonds. The van der Waals surface area contributed by atoms with Crippen molar-refractivity contribution in [3.63, 3.8) is 0 Å². The monoisotopic (exact) mass is 318 g/mol. The number of halogens is 2. The van der Waals surface area contributed by atoms with E-state index in [1.165, 1.54) is 12.1 Å². The minimum Gasteiger partial charge on any atom is -0.398 e. The van der Waals surface area contributed by atoms with E-state index in [1.54, 1.807) is 6.07 Å². The van der Waals surface area contributed by atoms with E-state index in [-0.39, 0.29) is 5.82 Å². The zero-order chi connectivity index (χ0) is 13.4. The molecule has 0 radical (unpaired) electrons. The third kappa shape index (κ3) is 2.24. The second-order valence-corrected chi connectivity index (χ2v) is 5.31. The van der Waals surface area contributed by atoms with E-state index in [0.29, 0.717) is 6.54 Å². The Morgan fingerprint density at radius 2 is 2.00 bits per heavy atom. The van der Waals surface area contributed by atoms with Crippen LogP contribution < -0.4 is 5.73 Å². The SMILES string of the molecule is Nc1cccc2c1ccn2Cc1ccc(F)cc1Br. The molecule has 1 heterocycles. The molecule has 1 aromatic heterocycles. The van der Waals surface area contributed by atoms with Gasteiger partial charge in [-0.05, 0) is 35.9 Å². The second kappa shape index (κ2) is 4.70. The molecule has 3 rings (SSSR count). The van der Waals surface area contributed by atoms with E-state index in [4.69, 9.17) is 5.73 Å². The first-order valence-corrected chi connectivity index (χ1v) is 6.72. The number of hydrogen-bond donors (Lipinski definition) is 1. The number of anilines is 1. The molecule has 0 fully saturated rings. The van der Waals surface area contributed by atoms with Crippen LogP contribution in [0.3, 0.4) is 0 Å². The molecule has 0 unspecified atom stereocenters. The van der Waals surface area contributed by atoms with Gasteiger partial charge >= 0.3 is 0 Å². The topological polar surface area (TPSA) is 30.9 Å². The lowest BCUT2D eigenvalue weighted by Gasteiger charge is -2.08. The van der Waals surface area contributed by atoms with Crippen LogP contribution in [0, 0.1) is 5.82 Å². The number of fused-ring (bicyclic) bond motifs is 1. The van der Waals surface area contributed by atoms with Gasteiger partial charge in [-0.25, -0.2) is 4.39 Å². The molecule has 0 saturated carbocycles. The van der Waals surface area contributed by atoms with Crippen molar-refractivity contribution in [3.05, 3.63) is 64.5 Å². The largest absolute Gasteiger partial charge is 0.398 e. The average molecular weight is 319 g/mol. The highest BCUT2D eigenvalue weighted by molar-refractivity contribution is 9.10. The molecule has 3 aromatic rings. The molecule has 4 heteroatoms. The first-order valence-electron chi connectivity index (χ1n) is 5.92. The van der Waals surface area contributed by atoms with Crippen LogP contribution in [0.15, 0.2) is 53.1 Å². The van der Waals surface area contributed by atoms with Crippen LogP contribution in [0.25, 0.3) is 10.9 Å². The van der Waals surface area contributed by atoms with Crippen LogP contribution >= 0.6 is 15.9 Å². The Hall–Kier alpha value is -1.81. The van der Waals surface area contributed by atoms with Crippen LogP contribution in [-0.4, -0.2) is 4.57 Å². The molecule has 2 nitrogen and oxygen atoms in total. The zero-order valence-electron chi connectivity index (χ0n) is 10.1. The van der Waals surface area contributed by atoms with Gasteiger partial charge < -0.3 is 10.3 Å². The third-order valence-corrected chi connectivity index (χ3v) is 3.94. The summed E-state index contributed by atoms with van der Waals surface area (Å²) >= 11 is 3.39. The Morgan fingerprint density at radius 3 is 2.79 bits per heavy atom. The fourth-order valence-corrected chi connectivity index (χ4v) is 2.69. The van der Waals surface area contributed by atoms with Crippen molar-refractivity contribution >= 4 is 32.5 Å². The molecule has 0 bridgehead atoms. The Balaban J connectivity index is 2.04. The number of rotatable bonds is 2. The number of nitrogen functional groups attached to an aromatic ring is 1. The van der Waals surface area contributed by atoms with E-state index in [9.17, 15) is 4.39 Å². The van der Waals surface area contributed by atoms with Crippen molar-refractivity contribution in [1.82, 2.24) is 4.57 Å². The molecule has 0 aliphatic rings. The first kappa shape index (κ1) is 12.2. The van der Waals surface area contributed by atoms with Crippen molar-refractivity contribution in [2.24, 2.45) is 0 Å². The third-order valence-electron chi connectivity index (χ3n) is 3.20. The van der Waals surface area contributed by atoms with Gasteiger partial charge in [0.05, 0.1) is 5.52 Å². The number of hydrogen-bond acceptors (Lipinski definition) is 1. The average Bonchev–Trinajstić information content (AvgIpc) is 2.78. The number of nitrogens with two attached hydrogens (primary N) is 1. The smallest absolute Gasteiger partial charge is 0.124 e. The van der Waals surface area contributed by atoms with Gasteiger partial charge in [-0.2, -0.15) is 0 Å². The van der Waals surface area contributed by atoms with E-state index >= 15 is 0 Å². The maximum absolute atomic E-state index is 13.1. The van der Waals surface area contributed by atoms with Gasteiger partial charge in [-0.15, -0.1) is 0 Å². The molecule has 0 aliphatic carbocycles. The maximum atomic E-state index is 13.1. The van der Waals surface area contributed by atoms with Crippen molar-refractivity contribution in [3.8, 4) is 0 Å². The summed E-state index contributed by atoms with van der Waals surface area (Å²) in [4.78, 5) is 0. The van der Waals surface area contributed by atoms with Crippen LogP contribution in [0.4, 0.5) is 10.1 Å². The summed E-state index contributed by atoms with van der Waals surface area (Å²) in [5.74, 6) is -0.239. The summed E-state index contributed by atoms with van der Waals surface area (Å²) in [7, 11) is 0. The van der Waals surface area contributed by atoms with Gasteiger partial charge in [0, 0.05) is 28.3 Å². The summed E-state index contributed by atoms with van der Waals surface area (Å²) in [6.07, 6.45) is 2.00. The minimum atomic E-state index is -0.239. The molecule has 0 atom stereocenters. The van der Waals surface area contributed by atoms with E-state index in [2.05, 4.69) is 20.5 Å². The fourth-order valence-electron chi connectivity index (χ4n) is 2.22. The zero-order valence-corrected chi connectivity index (χ0v) is 11.7. The fraction of sp³-hybridized carbons (Fsp3) is 0.0667. The molecule has 0 saturated heterocycles. The van der Waals surface area contributed by atoms with Crippen LogP contribution in [0.2, 0.25) is 0 Å². The van der Waals surface area contributed by atoms with E-state index in [1.807, 2.05) is 30.5 Å². The van der Waals surface area contributed by atoms with Crippen LogP contribution in [0.5, 0.6) is 0 Å². The first-order chi connectivity index (χ1) is 9.15. The Kier molecular flexibility index (Phi) is 3.03. The highest BCUT2D eigenvalue weighted by atomic mass is 79.9. The Labute approximate surface area is 118 Å². The van der Waals surface area contributed by atoms with Gasteiger partial charge in [-0.3, -0.25) is 0 Å². The highest BCUT2D eigenvalue weighted by Gasteiger charge is 2.06. The number of benzene rings is 2. The van der Waals surface area contributed by atoms with Crippen molar-refractivity contribution in [2.75, 3.05) is 5.73 Å². The van der Waals surface area contributed by atoms with Gasteiger partial charge in [0.25, 0.3) is 0 Å². The van der Waals surface area contributed by atoms with E-state index < -0.39 is 0 Å². The lowest BCUT2D eigenvalue weighted by atomic mass is 10.2. The van der Waals surface area contributed by atoms with Crippen molar-refractivity contribution < 1.29 is 4.39 Å². The summed E-state index contributed by atoms with van der Waals surface area (Å²) in [6, 6.07) is 12.6. The normalized spacial score (nSPS) is 11.1. The predicted octanol–water partition coefficient (Wildman–Crippen LogP) is 4.17. The number of nitrogens with zero attached hydrogens (tertiary/aromatic N) is 1. The highest BCUT2D eigenvalue weighted by Crippen LogP contribution is 2.25. The van der Waals surface area contributed by atoms with Gasteiger partial charge in [0.2, 0.25) is 0 Å². The molecule has 2 aromatic carbocycles. The second-order valence-electron chi connectivity index (χ2n) is 4.46. The Morgan fingerprint density at radius 1 is 1.16 bits per heavy atom. The quantitative estimate of drug-likeness (QED) is 0.706. The molecular weight excluding hydrogens is 307 g/mol. The Bertz CT molecular complexity index is 749. The molecule has 2 N–H and O–H groups in total. The van der Waals surface area contributed by atoms with Gasteiger partial charge in [0.15, 0.2) is 0 Å². The number of aromatic nitrogens is 1. The van der Waals surface area contributed by atoms with Crippen molar-refractivity contribution in [2.45, 2.75) is 6.54 Å².